The molecule has 0 atom stereocenters. The summed E-state index contributed by atoms with van der Waals surface area (Å²) in [5, 5.41) is 12.4. The molecule has 2 fully saturated rings. The average Bonchev–Trinajstić information content (AvgIpc) is 3.09. The lowest BCUT2D eigenvalue weighted by Crippen LogP contribution is -2.39. The van der Waals surface area contributed by atoms with Gasteiger partial charge < -0.3 is 16.2 Å². The highest BCUT2D eigenvalue weighted by Gasteiger charge is 2.48. The molecule has 0 spiro atoms. The fourth-order valence-electron chi connectivity index (χ4n) is 2.45. The fraction of sp³-hybridized carbons (Fsp3) is 0.917. The summed E-state index contributed by atoms with van der Waals surface area (Å²) >= 11 is 0. The molecule has 2 saturated carbocycles. The molecule has 2 rings (SSSR count). The van der Waals surface area contributed by atoms with Crippen LogP contribution in [0.2, 0.25) is 0 Å². The number of nitrogens with one attached hydrogen (secondary N) is 1. The fourth-order valence-corrected chi connectivity index (χ4v) is 2.45. The van der Waals surface area contributed by atoms with Gasteiger partial charge in [-0.3, -0.25) is 4.79 Å². The molecule has 4 heteroatoms. The Hall–Kier alpha value is -0.610. The summed E-state index contributed by atoms with van der Waals surface area (Å²) in [4.78, 5) is 11.8. The van der Waals surface area contributed by atoms with Crippen molar-refractivity contribution in [2.45, 2.75) is 44.6 Å². The van der Waals surface area contributed by atoms with E-state index in [2.05, 4.69) is 5.32 Å². The molecule has 0 aromatic rings. The second-order valence-electron chi connectivity index (χ2n) is 5.37. The zero-order valence-electron chi connectivity index (χ0n) is 9.74. The van der Waals surface area contributed by atoms with Gasteiger partial charge in [-0.05, 0) is 44.4 Å². The summed E-state index contributed by atoms with van der Waals surface area (Å²) in [7, 11) is 0. The third-order valence-electron chi connectivity index (χ3n) is 4.09. The van der Waals surface area contributed by atoms with E-state index in [0.29, 0.717) is 12.5 Å². The van der Waals surface area contributed by atoms with E-state index in [9.17, 15) is 9.90 Å². The molecule has 0 aliphatic heterocycles. The molecule has 4 nitrogen and oxygen atoms in total. The third kappa shape index (κ3) is 2.55. The van der Waals surface area contributed by atoms with Crippen molar-refractivity contribution in [3.63, 3.8) is 0 Å². The molecule has 16 heavy (non-hydrogen) atoms. The number of aliphatic hydroxyl groups is 1. The number of rotatable bonds is 4. The van der Waals surface area contributed by atoms with Gasteiger partial charge in [0.05, 0.1) is 11.5 Å². The molecule has 0 radical (unpaired) electrons. The highest BCUT2D eigenvalue weighted by Crippen LogP contribution is 2.44. The Morgan fingerprint density at radius 2 is 1.94 bits per heavy atom. The third-order valence-corrected chi connectivity index (χ3v) is 4.09. The number of aliphatic hydroxyl groups excluding tert-OH is 1. The summed E-state index contributed by atoms with van der Waals surface area (Å²) in [6, 6.07) is 0. The van der Waals surface area contributed by atoms with Gasteiger partial charge in [0.25, 0.3) is 0 Å². The van der Waals surface area contributed by atoms with Crippen LogP contribution in [0.1, 0.15) is 38.5 Å². The molecule has 0 heterocycles. The number of nitrogens with two attached hydrogens (primary N) is 1. The molecular formula is C12H22N2O2. The van der Waals surface area contributed by atoms with Crippen LogP contribution in [0.25, 0.3) is 0 Å². The van der Waals surface area contributed by atoms with E-state index in [1.807, 2.05) is 0 Å². The molecular weight excluding hydrogens is 204 g/mol. The first-order valence-electron chi connectivity index (χ1n) is 6.33. The minimum Gasteiger partial charge on any atom is -0.393 e. The van der Waals surface area contributed by atoms with E-state index < -0.39 is 0 Å². The summed E-state index contributed by atoms with van der Waals surface area (Å²) in [5.41, 5.74) is 5.37. The lowest BCUT2D eigenvalue weighted by Gasteiger charge is -2.26. The zero-order chi connectivity index (χ0) is 11.6. The maximum absolute atomic E-state index is 11.8. The molecule has 92 valence electrons. The summed E-state index contributed by atoms with van der Waals surface area (Å²) in [5.74, 6) is 0.682. The molecule has 2 aliphatic carbocycles. The smallest absolute Gasteiger partial charge is 0.227 e. The number of hydrogen-bond donors (Lipinski definition) is 3. The first-order valence-corrected chi connectivity index (χ1v) is 6.33. The maximum atomic E-state index is 11.8. The van der Waals surface area contributed by atoms with Crippen LogP contribution in [0, 0.1) is 11.3 Å². The molecule has 0 bridgehead atoms. The summed E-state index contributed by atoms with van der Waals surface area (Å²) < 4.78 is 0. The van der Waals surface area contributed by atoms with E-state index in [1.54, 1.807) is 0 Å². The van der Waals surface area contributed by atoms with Crippen molar-refractivity contribution in [1.29, 1.82) is 0 Å². The van der Waals surface area contributed by atoms with Gasteiger partial charge in [0.1, 0.15) is 0 Å². The predicted octanol–water partition coefficient (Wildman–Crippen LogP) is 0.393. The van der Waals surface area contributed by atoms with Crippen molar-refractivity contribution in [2.75, 3.05) is 13.1 Å². The topological polar surface area (TPSA) is 75.4 Å². The van der Waals surface area contributed by atoms with Crippen molar-refractivity contribution in [2.24, 2.45) is 17.1 Å². The molecule has 0 unspecified atom stereocenters. The zero-order valence-corrected chi connectivity index (χ0v) is 9.74. The highest BCUT2D eigenvalue weighted by atomic mass is 16.3. The Labute approximate surface area is 96.6 Å². The molecule has 0 aromatic carbocycles. The first-order chi connectivity index (χ1) is 7.66. The van der Waals surface area contributed by atoms with E-state index in [0.717, 1.165) is 45.1 Å². The van der Waals surface area contributed by atoms with Crippen LogP contribution in [0.3, 0.4) is 0 Å². The average molecular weight is 226 g/mol. The van der Waals surface area contributed by atoms with Crippen molar-refractivity contribution in [3.05, 3.63) is 0 Å². The number of carbonyl (C=O) groups is 1. The van der Waals surface area contributed by atoms with Crippen LogP contribution in [0.15, 0.2) is 0 Å². The maximum Gasteiger partial charge on any atom is 0.227 e. The van der Waals surface area contributed by atoms with Crippen LogP contribution < -0.4 is 11.1 Å². The van der Waals surface area contributed by atoms with Gasteiger partial charge in [-0.2, -0.15) is 0 Å². The van der Waals surface area contributed by atoms with Gasteiger partial charge in [0.15, 0.2) is 0 Å². The molecule has 1 amide bonds. The van der Waals surface area contributed by atoms with Crippen molar-refractivity contribution in [3.8, 4) is 0 Å². The molecule has 0 saturated heterocycles. The SMILES string of the molecule is NCC1(C(=O)NCC2CCC(O)CC2)CC1. The lowest BCUT2D eigenvalue weighted by atomic mass is 9.87. The summed E-state index contributed by atoms with van der Waals surface area (Å²) in [6.45, 7) is 1.23. The Balaban J connectivity index is 1.69. The van der Waals surface area contributed by atoms with Gasteiger partial charge >= 0.3 is 0 Å². The second kappa shape index (κ2) is 4.72. The number of hydrogen-bond acceptors (Lipinski definition) is 3. The van der Waals surface area contributed by atoms with Gasteiger partial charge in [-0.1, -0.05) is 0 Å². The van der Waals surface area contributed by atoms with Crippen molar-refractivity contribution < 1.29 is 9.90 Å². The molecule has 4 N–H and O–H groups in total. The second-order valence-corrected chi connectivity index (χ2v) is 5.37. The molecule has 2 aliphatic rings. The quantitative estimate of drug-likeness (QED) is 0.649. The van der Waals surface area contributed by atoms with E-state index in [4.69, 9.17) is 5.73 Å². The van der Waals surface area contributed by atoms with Gasteiger partial charge in [-0.25, -0.2) is 0 Å². The standard InChI is InChI=1S/C12H22N2O2/c13-8-12(5-6-12)11(16)14-7-9-1-3-10(15)4-2-9/h9-10,15H,1-8,13H2,(H,14,16). The van der Waals surface area contributed by atoms with Crippen LogP contribution in [0.4, 0.5) is 0 Å². The van der Waals surface area contributed by atoms with E-state index in [-0.39, 0.29) is 17.4 Å². The summed E-state index contributed by atoms with van der Waals surface area (Å²) in [6.07, 6.45) is 5.57. The monoisotopic (exact) mass is 226 g/mol. The van der Waals surface area contributed by atoms with E-state index >= 15 is 0 Å². The Bertz CT molecular complexity index is 256. The van der Waals surface area contributed by atoms with Crippen LogP contribution in [-0.2, 0) is 4.79 Å². The lowest BCUT2D eigenvalue weighted by molar-refractivity contribution is -0.126. The van der Waals surface area contributed by atoms with Crippen molar-refractivity contribution in [1.82, 2.24) is 5.32 Å². The van der Waals surface area contributed by atoms with Crippen LogP contribution in [-0.4, -0.2) is 30.2 Å². The first kappa shape index (κ1) is 11.9. The highest BCUT2D eigenvalue weighted by molar-refractivity contribution is 5.85. The normalized spacial score (nSPS) is 32.1. The van der Waals surface area contributed by atoms with Crippen molar-refractivity contribution >= 4 is 5.91 Å². The predicted molar refractivity (Wildman–Crippen MR) is 61.7 cm³/mol. The van der Waals surface area contributed by atoms with Crippen LogP contribution in [0.5, 0.6) is 0 Å². The minimum absolute atomic E-state index is 0.120. The van der Waals surface area contributed by atoms with Gasteiger partial charge in [-0.15, -0.1) is 0 Å². The van der Waals surface area contributed by atoms with E-state index in [1.165, 1.54) is 0 Å². The minimum atomic E-state index is -0.228. The van der Waals surface area contributed by atoms with Gasteiger partial charge in [0, 0.05) is 13.1 Å². The molecule has 0 aromatic heterocycles. The van der Waals surface area contributed by atoms with Crippen LogP contribution >= 0.6 is 0 Å². The largest absolute Gasteiger partial charge is 0.393 e. The van der Waals surface area contributed by atoms with Gasteiger partial charge in [0.2, 0.25) is 5.91 Å². The Morgan fingerprint density at radius 1 is 1.31 bits per heavy atom. The Morgan fingerprint density at radius 3 is 2.44 bits per heavy atom. The number of amides is 1. The number of carbonyl (C=O) groups excluding carboxylic acids is 1. The Kier molecular flexibility index (Phi) is 3.50.